The summed E-state index contributed by atoms with van der Waals surface area (Å²) in [6.45, 7) is 1.23. The number of aliphatic hydroxyl groups is 1. The third kappa shape index (κ3) is 2.14. The van der Waals surface area contributed by atoms with Crippen LogP contribution in [0.3, 0.4) is 0 Å². The molecule has 0 radical (unpaired) electrons. The molecule has 2 heterocycles. The van der Waals surface area contributed by atoms with Crippen molar-refractivity contribution >= 4 is 11.8 Å². The number of nitrogens with two attached hydrogens (primary N) is 1. The van der Waals surface area contributed by atoms with Gasteiger partial charge in [0.15, 0.2) is 0 Å². The Balaban J connectivity index is 1.74. The van der Waals surface area contributed by atoms with Crippen LogP contribution in [0.4, 0.5) is 0 Å². The second-order valence-corrected chi connectivity index (χ2v) is 7.10. The van der Waals surface area contributed by atoms with Gasteiger partial charge in [0.1, 0.15) is 0 Å². The van der Waals surface area contributed by atoms with Crippen molar-refractivity contribution < 1.29 is 9.84 Å². The van der Waals surface area contributed by atoms with E-state index in [-0.39, 0.29) is 5.60 Å². The molecular weight excluding hydrogens is 234 g/mol. The van der Waals surface area contributed by atoms with Crippen LogP contribution in [0.2, 0.25) is 0 Å². The molecule has 17 heavy (non-hydrogen) atoms. The second kappa shape index (κ2) is 4.41. The van der Waals surface area contributed by atoms with Crippen molar-refractivity contribution in [2.45, 2.75) is 43.3 Å². The third-order valence-corrected chi connectivity index (χ3v) is 6.10. The van der Waals surface area contributed by atoms with Crippen LogP contribution >= 0.6 is 11.8 Å². The first-order valence-electron chi connectivity index (χ1n) is 6.83. The lowest BCUT2D eigenvalue weighted by Gasteiger charge is -2.45. The summed E-state index contributed by atoms with van der Waals surface area (Å²) in [5.74, 6) is 3.13. The summed E-state index contributed by atoms with van der Waals surface area (Å²) in [5.41, 5.74) is 5.32. The zero-order valence-electron chi connectivity index (χ0n) is 10.4. The molecule has 98 valence electrons. The Morgan fingerprint density at radius 3 is 2.76 bits per heavy atom. The van der Waals surface area contributed by atoms with Crippen molar-refractivity contribution in [2.24, 2.45) is 17.6 Å². The van der Waals surface area contributed by atoms with E-state index in [2.05, 4.69) is 0 Å². The van der Waals surface area contributed by atoms with E-state index in [1.54, 1.807) is 0 Å². The molecule has 2 aliphatic heterocycles. The highest BCUT2D eigenvalue weighted by Crippen LogP contribution is 2.50. The zero-order valence-corrected chi connectivity index (χ0v) is 11.2. The van der Waals surface area contributed by atoms with Gasteiger partial charge in [-0.25, -0.2) is 0 Å². The van der Waals surface area contributed by atoms with Gasteiger partial charge in [0.2, 0.25) is 0 Å². The van der Waals surface area contributed by atoms with E-state index >= 15 is 0 Å². The van der Waals surface area contributed by atoms with Crippen molar-refractivity contribution in [3.8, 4) is 0 Å². The Morgan fingerprint density at radius 2 is 2.18 bits per heavy atom. The Hall–Kier alpha value is 0.230. The lowest BCUT2D eigenvalue weighted by Crippen LogP contribution is -2.53. The summed E-state index contributed by atoms with van der Waals surface area (Å²) in [7, 11) is 0. The molecule has 1 aliphatic carbocycles. The Bertz CT molecular complexity index is 289. The quantitative estimate of drug-likeness (QED) is 0.802. The minimum atomic E-state index is -0.607. The molecular formula is C13H23NO2S. The first-order valence-corrected chi connectivity index (χ1v) is 7.98. The summed E-state index contributed by atoms with van der Waals surface area (Å²) in [5, 5.41) is 10.8. The summed E-state index contributed by atoms with van der Waals surface area (Å²) >= 11 is 1.99. The molecule has 3 aliphatic rings. The van der Waals surface area contributed by atoms with E-state index < -0.39 is 5.60 Å². The largest absolute Gasteiger partial charge is 0.388 e. The molecule has 3 rings (SSSR count). The zero-order chi connectivity index (χ0) is 11.9. The van der Waals surface area contributed by atoms with E-state index in [4.69, 9.17) is 10.5 Å². The molecule has 0 amide bonds. The molecule has 2 saturated heterocycles. The third-order valence-electron chi connectivity index (χ3n) is 4.88. The minimum absolute atomic E-state index is 0.0611. The van der Waals surface area contributed by atoms with Crippen LogP contribution in [0, 0.1) is 11.8 Å². The average Bonchev–Trinajstić information content (AvgIpc) is 3.13. The summed E-state index contributed by atoms with van der Waals surface area (Å²) in [6.07, 6.45) is 5.47. The van der Waals surface area contributed by atoms with Crippen LogP contribution in [0.25, 0.3) is 0 Å². The van der Waals surface area contributed by atoms with Gasteiger partial charge in [-0.05, 0) is 49.7 Å². The van der Waals surface area contributed by atoms with Gasteiger partial charge in [-0.3, -0.25) is 0 Å². The SMILES string of the molecule is NCC(O)(C1CC1)C1CCOC2(CCSC2)C1. The maximum Gasteiger partial charge on any atom is 0.0827 e. The highest BCUT2D eigenvalue weighted by Gasteiger charge is 2.52. The second-order valence-electron chi connectivity index (χ2n) is 5.99. The Kier molecular flexibility index (Phi) is 3.18. The first kappa shape index (κ1) is 12.3. The molecule has 3 N–H and O–H groups in total. The fourth-order valence-electron chi connectivity index (χ4n) is 3.57. The van der Waals surface area contributed by atoms with Gasteiger partial charge < -0.3 is 15.6 Å². The molecule has 3 atom stereocenters. The number of hydrogen-bond donors (Lipinski definition) is 2. The van der Waals surface area contributed by atoms with Crippen LogP contribution in [0.15, 0.2) is 0 Å². The highest BCUT2D eigenvalue weighted by molar-refractivity contribution is 7.99. The van der Waals surface area contributed by atoms with Gasteiger partial charge in [0, 0.05) is 18.9 Å². The van der Waals surface area contributed by atoms with Crippen LogP contribution in [-0.4, -0.2) is 41.0 Å². The first-order chi connectivity index (χ1) is 8.19. The molecule has 0 bridgehead atoms. The number of rotatable bonds is 3. The van der Waals surface area contributed by atoms with Crippen LogP contribution in [0.5, 0.6) is 0 Å². The minimum Gasteiger partial charge on any atom is -0.388 e. The van der Waals surface area contributed by atoms with Crippen molar-refractivity contribution in [1.29, 1.82) is 0 Å². The lowest BCUT2D eigenvalue weighted by molar-refractivity contribution is -0.136. The summed E-state index contributed by atoms with van der Waals surface area (Å²) < 4.78 is 6.02. The summed E-state index contributed by atoms with van der Waals surface area (Å²) in [6, 6.07) is 0. The Morgan fingerprint density at radius 1 is 1.35 bits per heavy atom. The molecule has 0 aromatic heterocycles. The van der Waals surface area contributed by atoms with E-state index in [1.807, 2.05) is 11.8 Å². The highest BCUT2D eigenvalue weighted by atomic mass is 32.2. The summed E-state index contributed by atoms with van der Waals surface area (Å²) in [4.78, 5) is 0. The van der Waals surface area contributed by atoms with Gasteiger partial charge in [0.05, 0.1) is 11.2 Å². The normalized spacial score (nSPS) is 41.6. The van der Waals surface area contributed by atoms with E-state index in [0.29, 0.717) is 18.4 Å². The van der Waals surface area contributed by atoms with Crippen molar-refractivity contribution in [1.82, 2.24) is 0 Å². The predicted molar refractivity (Wildman–Crippen MR) is 70.1 cm³/mol. The van der Waals surface area contributed by atoms with Crippen molar-refractivity contribution in [3.05, 3.63) is 0 Å². The average molecular weight is 257 g/mol. The molecule has 0 aromatic carbocycles. The van der Waals surface area contributed by atoms with Crippen LogP contribution in [-0.2, 0) is 4.74 Å². The van der Waals surface area contributed by atoms with Gasteiger partial charge >= 0.3 is 0 Å². The maximum absolute atomic E-state index is 10.8. The van der Waals surface area contributed by atoms with Gasteiger partial charge in [-0.1, -0.05) is 0 Å². The van der Waals surface area contributed by atoms with Crippen molar-refractivity contribution in [2.75, 3.05) is 24.7 Å². The maximum atomic E-state index is 10.8. The molecule has 3 nitrogen and oxygen atoms in total. The number of thioether (sulfide) groups is 1. The fourth-order valence-corrected chi connectivity index (χ4v) is 4.95. The molecule has 3 fully saturated rings. The molecule has 0 aromatic rings. The lowest BCUT2D eigenvalue weighted by atomic mass is 9.73. The fraction of sp³-hybridized carbons (Fsp3) is 1.00. The monoisotopic (exact) mass is 257 g/mol. The van der Waals surface area contributed by atoms with Gasteiger partial charge in [0.25, 0.3) is 0 Å². The van der Waals surface area contributed by atoms with Crippen molar-refractivity contribution in [3.63, 3.8) is 0 Å². The van der Waals surface area contributed by atoms with Crippen LogP contribution in [0.1, 0.15) is 32.1 Å². The predicted octanol–water partition coefficient (Wildman–Crippen LogP) is 1.39. The van der Waals surface area contributed by atoms with E-state index in [9.17, 15) is 5.11 Å². The van der Waals surface area contributed by atoms with E-state index in [1.165, 1.54) is 5.75 Å². The molecule has 3 unspecified atom stereocenters. The smallest absolute Gasteiger partial charge is 0.0827 e. The van der Waals surface area contributed by atoms with Crippen LogP contribution < -0.4 is 5.73 Å². The number of ether oxygens (including phenoxy) is 1. The number of hydrogen-bond acceptors (Lipinski definition) is 4. The molecule has 1 spiro atoms. The molecule has 4 heteroatoms. The van der Waals surface area contributed by atoms with E-state index in [0.717, 1.165) is 44.5 Å². The molecule has 1 saturated carbocycles. The topological polar surface area (TPSA) is 55.5 Å². The van der Waals surface area contributed by atoms with Gasteiger partial charge in [-0.2, -0.15) is 11.8 Å². The Labute approximate surface area is 107 Å². The van der Waals surface area contributed by atoms with Gasteiger partial charge in [-0.15, -0.1) is 0 Å². The standard InChI is InChI=1S/C13H23NO2S/c14-8-13(15,10-1-2-10)11-3-5-16-12(7-11)4-6-17-9-12/h10-11,15H,1-9,14H2.